The van der Waals surface area contributed by atoms with Crippen molar-refractivity contribution in [2.75, 3.05) is 13.1 Å². The Labute approximate surface area is 153 Å². The van der Waals surface area contributed by atoms with E-state index < -0.39 is 6.23 Å². The van der Waals surface area contributed by atoms with Gasteiger partial charge in [-0.05, 0) is 20.3 Å². The van der Waals surface area contributed by atoms with Crippen LogP contribution in [0.4, 0.5) is 0 Å². The predicted octanol–water partition coefficient (Wildman–Crippen LogP) is 4.49. The molecule has 0 aromatic carbocycles. The number of aliphatic imine (C=N–C) groups is 1. The number of amides is 1. The zero-order chi connectivity index (χ0) is 18.5. The van der Waals surface area contributed by atoms with Crippen molar-refractivity contribution in [2.45, 2.75) is 97.6 Å². The van der Waals surface area contributed by atoms with Crippen LogP contribution in [0.3, 0.4) is 0 Å². The van der Waals surface area contributed by atoms with Crippen molar-refractivity contribution in [3.63, 3.8) is 0 Å². The van der Waals surface area contributed by atoms with Crippen LogP contribution in [-0.2, 0) is 14.3 Å². The molecule has 0 aliphatic carbocycles. The van der Waals surface area contributed by atoms with Gasteiger partial charge < -0.3 is 9.64 Å². The van der Waals surface area contributed by atoms with Gasteiger partial charge in [-0.3, -0.25) is 14.6 Å². The molecule has 5 heteroatoms. The molecule has 0 saturated heterocycles. The number of carbonyl (C=O) groups is 2. The van der Waals surface area contributed by atoms with E-state index in [1.165, 1.54) is 44.9 Å². The number of unbranched alkanes of at least 4 members (excludes halogenated alkanes) is 8. The van der Waals surface area contributed by atoms with Crippen LogP contribution >= 0.6 is 0 Å². The van der Waals surface area contributed by atoms with Gasteiger partial charge in [-0.1, -0.05) is 58.3 Å². The van der Waals surface area contributed by atoms with Gasteiger partial charge >= 0.3 is 5.97 Å². The quantitative estimate of drug-likeness (QED) is 0.384. The van der Waals surface area contributed by atoms with Gasteiger partial charge in [-0.2, -0.15) is 0 Å². The lowest BCUT2D eigenvalue weighted by Gasteiger charge is -2.27. The predicted molar refractivity (Wildman–Crippen MR) is 102 cm³/mol. The molecule has 144 valence electrons. The van der Waals surface area contributed by atoms with E-state index in [1.807, 2.05) is 6.92 Å². The molecule has 0 bridgehead atoms. The molecule has 0 spiro atoms. The highest BCUT2D eigenvalue weighted by atomic mass is 16.6. The maximum absolute atomic E-state index is 12.1. The molecule has 0 radical (unpaired) electrons. The van der Waals surface area contributed by atoms with Gasteiger partial charge in [0.2, 0.25) is 5.91 Å². The molecule has 1 unspecified atom stereocenters. The Morgan fingerprint density at radius 1 is 1.12 bits per heavy atom. The lowest BCUT2D eigenvalue weighted by Crippen LogP contribution is -2.42. The van der Waals surface area contributed by atoms with Gasteiger partial charge in [0, 0.05) is 18.7 Å². The number of carbonyl (C=O) groups excluding carboxylic acids is 2. The molecule has 1 amide bonds. The van der Waals surface area contributed by atoms with Crippen LogP contribution in [0.5, 0.6) is 0 Å². The first-order chi connectivity index (χ1) is 12.0. The number of esters is 1. The Morgan fingerprint density at radius 2 is 1.72 bits per heavy atom. The summed E-state index contributed by atoms with van der Waals surface area (Å²) in [6, 6.07) is 0. The third kappa shape index (κ3) is 9.61. The van der Waals surface area contributed by atoms with E-state index >= 15 is 0 Å². The molecule has 1 aliphatic rings. The van der Waals surface area contributed by atoms with E-state index in [2.05, 4.69) is 11.9 Å². The van der Waals surface area contributed by atoms with Crippen molar-refractivity contribution in [2.24, 2.45) is 4.99 Å². The van der Waals surface area contributed by atoms with Crippen LogP contribution < -0.4 is 0 Å². The second-order valence-corrected chi connectivity index (χ2v) is 7.05. The van der Waals surface area contributed by atoms with Crippen LogP contribution in [0.2, 0.25) is 0 Å². The maximum Gasteiger partial charge on any atom is 0.307 e. The van der Waals surface area contributed by atoms with Crippen molar-refractivity contribution >= 4 is 17.6 Å². The van der Waals surface area contributed by atoms with Crippen molar-refractivity contribution in [1.82, 2.24) is 4.90 Å². The van der Waals surface area contributed by atoms with Crippen LogP contribution in [0.15, 0.2) is 4.99 Å². The average Bonchev–Trinajstić information content (AvgIpc) is 2.73. The third-order valence-corrected chi connectivity index (χ3v) is 4.68. The highest BCUT2D eigenvalue weighted by molar-refractivity contribution is 6.00. The lowest BCUT2D eigenvalue weighted by molar-refractivity contribution is -0.162. The Bertz CT molecular complexity index is 435. The standard InChI is InChI=1S/C20H36N2O3/c1-4-5-6-7-8-9-10-11-12-13-20(24)25-18(3)22-15-14-21-17(2)16-19(22)23/h18H,4-16H2,1-3H3. The first kappa shape index (κ1) is 21.7. The molecule has 5 nitrogen and oxygen atoms in total. The topological polar surface area (TPSA) is 59.0 Å². The highest BCUT2D eigenvalue weighted by Gasteiger charge is 2.24. The highest BCUT2D eigenvalue weighted by Crippen LogP contribution is 2.13. The molecule has 1 aliphatic heterocycles. The minimum absolute atomic E-state index is 0.0119. The summed E-state index contributed by atoms with van der Waals surface area (Å²) in [5.41, 5.74) is 0.848. The molecule has 0 saturated carbocycles. The summed E-state index contributed by atoms with van der Waals surface area (Å²) < 4.78 is 5.44. The number of rotatable bonds is 12. The Balaban J connectivity index is 2.10. The van der Waals surface area contributed by atoms with Gasteiger partial charge in [-0.15, -0.1) is 0 Å². The molecule has 0 fully saturated rings. The second-order valence-electron chi connectivity index (χ2n) is 7.05. The SMILES string of the molecule is CCCCCCCCCCCC(=O)OC(C)N1CCN=C(C)CC1=O. The van der Waals surface area contributed by atoms with E-state index in [9.17, 15) is 9.59 Å². The third-order valence-electron chi connectivity index (χ3n) is 4.68. The molecule has 0 aromatic rings. The van der Waals surface area contributed by atoms with Crippen LogP contribution in [0.25, 0.3) is 0 Å². The fourth-order valence-electron chi connectivity index (χ4n) is 3.13. The van der Waals surface area contributed by atoms with Crippen LogP contribution in [0.1, 0.15) is 91.4 Å². The van der Waals surface area contributed by atoms with E-state index in [0.29, 0.717) is 25.9 Å². The molecule has 0 aromatic heterocycles. The molecule has 1 rings (SSSR count). The first-order valence-electron chi connectivity index (χ1n) is 10.0. The van der Waals surface area contributed by atoms with E-state index in [4.69, 9.17) is 4.74 Å². The summed E-state index contributed by atoms with van der Waals surface area (Å²) in [7, 11) is 0. The van der Waals surface area contributed by atoms with Gasteiger partial charge in [0.15, 0.2) is 6.23 Å². The van der Waals surface area contributed by atoms with E-state index in [0.717, 1.165) is 18.6 Å². The fourth-order valence-corrected chi connectivity index (χ4v) is 3.13. The zero-order valence-corrected chi connectivity index (χ0v) is 16.4. The molecular weight excluding hydrogens is 316 g/mol. The molecule has 1 atom stereocenters. The van der Waals surface area contributed by atoms with Crippen LogP contribution in [0, 0.1) is 0 Å². The molecular formula is C20H36N2O3. The first-order valence-corrected chi connectivity index (χ1v) is 10.0. The van der Waals surface area contributed by atoms with Gasteiger partial charge in [0.1, 0.15) is 0 Å². The summed E-state index contributed by atoms with van der Waals surface area (Å²) in [5, 5.41) is 0. The summed E-state index contributed by atoms with van der Waals surface area (Å²) >= 11 is 0. The number of nitrogens with zero attached hydrogens (tertiary/aromatic N) is 2. The Kier molecular flexibility index (Phi) is 11.2. The summed E-state index contributed by atoms with van der Waals surface area (Å²) in [6.07, 6.45) is 11.3. The lowest BCUT2D eigenvalue weighted by atomic mass is 10.1. The van der Waals surface area contributed by atoms with Crippen molar-refractivity contribution in [3.05, 3.63) is 0 Å². The fraction of sp³-hybridized carbons (Fsp3) is 0.850. The second kappa shape index (κ2) is 12.9. The van der Waals surface area contributed by atoms with Crippen molar-refractivity contribution in [1.29, 1.82) is 0 Å². The van der Waals surface area contributed by atoms with E-state index in [1.54, 1.807) is 11.8 Å². The Hall–Kier alpha value is -1.39. The monoisotopic (exact) mass is 352 g/mol. The minimum Gasteiger partial charge on any atom is -0.442 e. The van der Waals surface area contributed by atoms with Gasteiger partial charge in [0.25, 0.3) is 0 Å². The largest absolute Gasteiger partial charge is 0.442 e. The number of hydrogen-bond acceptors (Lipinski definition) is 4. The normalized spacial score (nSPS) is 16.4. The molecule has 0 N–H and O–H groups in total. The summed E-state index contributed by atoms with van der Waals surface area (Å²) in [5.74, 6) is -0.216. The summed E-state index contributed by atoms with van der Waals surface area (Å²) in [6.45, 7) is 6.96. The van der Waals surface area contributed by atoms with Gasteiger partial charge in [-0.25, -0.2) is 0 Å². The summed E-state index contributed by atoms with van der Waals surface area (Å²) in [4.78, 5) is 30.0. The van der Waals surface area contributed by atoms with Gasteiger partial charge in [0.05, 0.1) is 13.0 Å². The maximum atomic E-state index is 12.1. The number of hydrogen-bond donors (Lipinski definition) is 0. The van der Waals surface area contributed by atoms with Crippen molar-refractivity contribution in [3.8, 4) is 0 Å². The van der Waals surface area contributed by atoms with Crippen molar-refractivity contribution < 1.29 is 14.3 Å². The average molecular weight is 353 g/mol. The molecule has 1 heterocycles. The van der Waals surface area contributed by atoms with E-state index in [-0.39, 0.29) is 11.9 Å². The molecule has 25 heavy (non-hydrogen) atoms. The van der Waals surface area contributed by atoms with Crippen LogP contribution in [-0.4, -0.2) is 41.8 Å². The zero-order valence-electron chi connectivity index (χ0n) is 16.4. The number of ether oxygens (including phenoxy) is 1. The smallest absolute Gasteiger partial charge is 0.307 e. The minimum atomic E-state index is -0.500. The Morgan fingerprint density at radius 3 is 2.36 bits per heavy atom.